The summed E-state index contributed by atoms with van der Waals surface area (Å²) in [5.74, 6) is 0.499. The first-order valence-electron chi connectivity index (χ1n) is 4.81. The molecule has 0 aromatic carbocycles. The van der Waals surface area contributed by atoms with E-state index in [1.54, 1.807) is 6.08 Å². The van der Waals surface area contributed by atoms with Gasteiger partial charge in [-0.05, 0) is 18.8 Å². The average Bonchev–Trinajstić information content (AvgIpc) is 2.28. The highest BCUT2D eigenvalue weighted by atomic mass is 16.1. The fourth-order valence-corrected chi connectivity index (χ4v) is 1.95. The van der Waals surface area contributed by atoms with Gasteiger partial charge in [-0.1, -0.05) is 31.6 Å². The molecule has 1 aliphatic rings. The third-order valence-corrected chi connectivity index (χ3v) is 3.28. The molecule has 0 fully saturated rings. The van der Waals surface area contributed by atoms with Gasteiger partial charge in [-0.25, -0.2) is 0 Å². The number of ketones is 1. The minimum Gasteiger partial charge on any atom is -0.299 e. The van der Waals surface area contributed by atoms with Crippen molar-refractivity contribution in [2.75, 3.05) is 0 Å². The lowest BCUT2D eigenvalue weighted by Gasteiger charge is -2.28. The van der Waals surface area contributed by atoms with Gasteiger partial charge in [0.2, 0.25) is 0 Å². The zero-order valence-corrected chi connectivity index (χ0v) is 8.76. The number of Topliss-reactive ketones (excluding diaryl/α,β-unsaturated/α-hetero) is 1. The molecule has 0 amide bonds. The SMILES string of the molecule is C=CCC(=O)C1CC=C(C)C1(C)C. The maximum atomic E-state index is 11.7. The van der Waals surface area contributed by atoms with E-state index in [-0.39, 0.29) is 11.3 Å². The van der Waals surface area contributed by atoms with E-state index < -0.39 is 0 Å². The molecule has 13 heavy (non-hydrogen) atoms. The molecular formula is C12H18O. The van der Waals surface area contributed by atoms with E-state index >= 15 is 0 Å². The molecule has 0 aromatic rings. The van der Waals surface area contributed by atoms with Crippen molar-refractivity contribution in [1.29, 1.82) is 0 Å². The molecule has 1 nitrogen and oxygen atoms in total. The second kappa shape index (κ2) is 3.49. The Morgan fingerprint density at radius 2 is 2.38 bits per heavy atom. The van der Waals surface area contributed by atoms with Gasteiger partial charge in [0.05, 0.1) is 0 Å². The summed E-state index contributed by atoms with van der Waals surface area (Å²) in [6, 6.07) is 0. The Bertz CT molecular complexity index is 258. The van der Waals surface area contributed by atoms with Crippen LogP contribution in [0.15, 0.2) is 24.3 Å². The number of hydrogen-bond donors (Lipinski definition) is 0. The van der Waals surface area contributed by atoms with E-state index in [9.17, 15) is 4.79 Å². The van der Waals surface area contributed by atoms with E-state index in [1.807, 2.05) is 0 Å². The van der Waals surface area contributed by atoms with Crippen molar-refractivity contribution in [2.45, 2.75) is 33.6 Å². The largest absolute Gasteiger partial charge is 0.299 e. The van der Waals surface area contributed by atoms with Crippen molar-refractivity contribution in [2.24, 2.45) is 11.3 Å². The Kier molecular flexibility index (Phi) is 2.74. The predicted molar refractivity (Wildman–Crippen MR) is 55.5 cm³/mol. The van der Waals surface area contributed by atoms with E-state index in [1.165, 1.54) is 5.57 Å². The Morgan fingerprint density at radius 1 is 1.77 bits per heavy atom. The van der Waals surface area contributed by atoms with Gasteiger partial charge >= 0.3 is 0 Å². The van der Waals surface area contributed by atoms with Crippen molar-refractivity contribution >= 4 is 5.78 Å². The Hall–Kier alpha value is -0.850. The normalized spacial score (nSPS) is 25.5. The van der Waals surface area contributed by atoms with Crippen LogP contribution in [0.3, 0.4) is 0 Å². The first-order valence-corrected chi connectivity index (χ1v) is 4.81. The maximum absolute atomic E-state index is 11.7. The van der Waals surface area contributed by atoms with Crippen molar-refractivity contribution in [3.8, 4) is 0 Å². The summed E-state index contributed by atoms with van der Waals surface area (Å²) >= 11 is 0. The van der Waals surface area contributed by atoms with E-state index in [4.69, 9.17) is 0 Å². The molecule has 72 valence electrons. The topological polar surface area (TPSA) is 17.1 Å². The molecule has 1 unspecified atom stereocenters. The van der Waals surface area contributed by atoms with Crippen LogP contribution in [-0.2, 0) is 4.79 Å². The first-order chi connectivity index (χ1) is 6.00. The predicted octanol–water partition coefficient (Wildman–Crippen LogP) is 3.12. The first kappa shape index (κ1) is 10.2. The van der Waals surface area contributed by atoms with Crippen LogP contribution in [0, 0.1) is 11.3 Å². The van der Waals surface area contributed by atoms with Crippen molar-refractivity contribution < 1.29 is 4.79 Å². The fraction of sp³-hybridized carbons (Fsp3) is 0.583. The highest BCUT2D eigenvalue weighted by Gasteiger charge is 2.38. The van der Waals surface area contributed by atoms with Crippen LogP contribution in [0.2, 0.25) is 0 Å². The van der Waals surface area contributed by atoms with E-state index in [2.05, 4.69) is 33.4 Å². The van der Waals surface area contributed by atoms with Gasteiger partial charge in [0.1, 0.15) is 5.78 Å². The fourth-order valence-electron chi connectivity index (χ4n) is 1.95. The molecule has 1 atom stereocenters. The molecular weight excluding hydrogens is 160 g/mol. The average molecular weight is 178 g/mol. The number of allylic oxidation sites excluding steroid dienone is 3. The molecule has 1 aliphatic carbocycles. The van der Waals surface area contributed by atoms with Gasteiger partial charge in [-0.15, -0.1) is 6.58 Å². The second-order valence-electron chi connectivity index (χ2n) is 4.36. The van der Waals surface area contributed by atoms with Gasteiger partial charge in [0, 0.05) is 12.3 Å². The van der Waals surface area contributed by atoms with Crippen LogP contribution < -0.4 is 0 Å². The number of hydrogen-bond acceptors (Lipinski definition) is 1. The van der Waals surface area contributed by atoms with Gasteiger partial charge in [-0.2, -0.15) is 0 Å². The lowest BCUT2D eigenvalue weighted by Crippen LogP contribution is -2.27. The Morgan fingerprint density at radius 3 is 2.77 bits per heavy atom. The Balaban J connectivity index is 2.76. The summed E-state index contributed by atoms with van der Waals surface area (Å²) in [4.78, 5) is 11.7. The molecule has 0 aliphatic heterocycles. The summed E-state index contributed by atoms with van der Waals surface area (Å²) in [6.45, 7) is 10.0. The summed E-state index contributed by atoms with van der Waals surface area (Å²) in [6.07, 6.45) is 5.30. The van der Waals surface area contributed by atoms with Crippen LogP contribution in [0.25, 0.3) is 0 Å². The molecule has 0 heterocycles. The highest BCUT2D eigenvalue weighted by Crippen LogP contribution is 2.43. The van der Waals surface area contributed by atoms with E-state index in [0.717, 1.165) is 6.42 Å². The molecule has 1 heteroatoms. The van der Waals surface area contributed by atoms with Gasteiger partial charge in [0.25, 0.3) is 0 Å². The molecule has 0 N–H and O–H groups in total. The van der Waals surface area contributed by atoms with Gasteiger partial charge in [0.15, 0.2) is 0 Å². The molecule has 0 saturated heterocycles. The zero-order chi connectivity index (χ0) is 10.1. The maximum Gasteiger partial charge on any atom is 0.140 e. The van der Waals surface area contributed by atoms with Crippen molar-refractivity contribution in [3.05, 3.63) is 24.3 Å². The Labute approximate surface area is 80.5 Å². The van der Waals surface area contributed by atoms with Gasteiger partial charge < -0.3 is 0 Å². The molecule has 0 aromatic heterocycles. The number of rotatable bonds is 3. The monoisotopic (exact) mass is 178 g/mol. The summed E-state index contributed by atoms with van der Waals surface area (Å²) in [5.41, 5.74) is 1.40. The van der Waals surface area contributed by atoms with Crippen LogP contribution >= 0.6 is 0 Å². The third kappa shape index (κ3) is 1.74. The minimum atomic E-state index is 0.0556. The second-order valence-corrected chi connectivity index (χ2v) is 4.36. The molecule has 1 rings (SSSR count). The summed E-state index contributed by atoms with van der Waals surface area (Å²) in [5, 5.41) is 0. The van der Waals surface area contributed by atoms with Crippen LogP contribution in [0.1, 0.15) is 33.6 Å². The van der Waals surface area contributed by atoms with Crippen LogP contribution in [-0.4, -0.2) is 5.78 Å². The quantitative estimate of drug-likeness (QED) is 0.607. The smallest absolute Gasteiger partial charge is 0.140 e. The summed E-state index contributed by atoms with van der Waals surface area (Å²) in [7, 11) is 0. The zero-order valence-electron chi connectivity index (χ0n) is 8.76. The molecule has 0 bridgehead atoms. The standard InChI is InChI=1S/C12H18O/c1-5-6-11(13)10-8-7-9(2)12(10,3)4/h5,7,10H,1,6,8H2,2-4H3. The number of carbonyl (C=O) groups excluding carboxylic acids is 1. The highest BCUT2D eigenvalue weighted by molar-refractivity contribution is 5.84. The van der Waals surface area contributed by atoms with E-state index in [0.29, 0.717) is 12.2 Å². The van der Waals surface area contributed by atoms with Gasteiger partial charge in [-0.3, -0.25) is 4.79 Å². The summed E-state index contributed by atoms with van der Waals surface area (Å²) < 4.78 is 0. The molecule has 0 spiro atoms. The molecule has 0 saturated carbocycles. The molecule has 0 radical (unpaired) electrons. The lowest BCUT2D eigenvalue weighted by atomic mass is 9.75. The lowest BCUT2D eigenvalue weighted by molar-refractivity contribution is -0.124. The number of carbonyl (C=O) groups is 1. The van der Waals surface area contributed by atoms with Crippen molar-refractivity contribution in [1.82, 2.24) is 0 Å². The van der Waals surface area contributed by atoms with Crippen LogP contribution in [0.5, 0.6) is 0 Å². The third-order valence-electron chi connectivity index (χ3n) is 3.28. The van der Waals surface area contributed by atoms with Crippen LogP contribution in [0.4, 0.5) is 0 Å². The minimum absolute atomic E-state index is 0.0556. The van der Waals surface area contributed by atoms with Crippen molar-refractivity contribution in [3.63, 3.8) is 0 Å².